The van der Waals surface area contributed by atoms with Crippen molar-refractivity contribution in [3.05, 3.63) is 66.2 Å². The third-order valence-corrected chi connectivity index (χ3v) is 8.48. The molecule has 8 nitrogen and oxygen atoms in total. The number of rotatable bonds is 7. The number of aryl methyl sites for hydroxylation is 1. The fraction of sp³-hybridized carbons (Fsp3) is 0.355. The quantitative estimate of drug-likeness (QED) is 0.272. The normalized spacial score (nSPS) is 20.8. The number of benzene rings is 2. The summed E-state index contributed by atoms with van der Waals surface area (Å²) in [5.74, 6) is 0.914. The molecule has 1 aliphatic heterocycles. The lowest BCUT2D eigenvalue weighted by Gasteiger charge is -2.23. The molecule has 1 unspecified atom stereocenters. The van der Waals surface area contributed by atoms with Crippen molar-refractivity contribution in [3.8, 4) is 22.9 Å². The summed E-state index contributed by atoms with van der Waals surface area (Å²) in [6.07, 6.45) is 8.65. The second-order valence-electron chi connectivity index (χ2n) is 11.2. The smallest absolute Gasteiger partial charge is 0.228 e. The summed E-state index contributed by atoms with van der Waals surface area (Å²) in [6.45, 7) is 3.84. The van der Waals surface area contributed by atoms with Crippen molar-refractivity contribution in [2.75, 3.05) is 23.7 Å². The Hall–Kier alpha value is -4.11. The lowest BCUT2D eigenvalue weighted by Crippen LogP contribution is -2.38. The third kappa shape index (κ3) is 4.64. The monoisotopic (exact) mass is 538 g/mol. The standard InChI is InChI=1S/C31H31FN6O2/c1-18-6-7-20-21(8-9-24(32)26(20)38-28(39)23-16-31(23)11-12-31)27(18)40-29-22(5-3-14-34-29)25-10-15-35-30(37-25)36-19-4-2-13-33-17-19/h3,5-10,14-15,19,23,33H,2,4,11-13,16-17H2,1H3,(H,38,39)(H,35,36,37)/t19?,23-/m1/s1. The van der Waals surface area contributed by atoms with Gasteiger partial charge in [-0.05, 0) is 86.9 Å². The van der Waals surface area contributed by atoms with Gasteiger partial charge in [0.1, 0.15) is 11.6 Å². The SMILES string of the molecule is Cc1ccc2c(NC(=O)[C@H]3CC34CC4)c(F)ccc2c1Oc1ncccc1-c1ccnc(NC2CCCNC2)n1. The number of fused-ring (bicyclic) bond motifs is 1. The summed E-state index contributed by atoms with van der Waals surface area (Å²) < 4.78 is 21.5. The van der Waals surface area contributed by atoms with Crippen LogP contribution in [0.1, 0.15) is 37.7 Å². The fourth-order valence-electron chi connectivity index (χ4n) is 5.86. The van der Waals surface area contributed by atoms with Gasteiger partial charge in [0.2, 0.25) is 17.7 Å². The van der Waals surface area contributed by atoms with Crippen molar-refractivity contribution < 1.29 is 13.9 Å². The Morgan fingerprint density at radius 3 is 2.77 bits per heavy atom. The first kappa shape index (κ1) is 24.9. The molecule has 7 rings (SSSR count). The van der Waals surface area contributed by atoms with E-state index in [0.717, 1.165) is 50.8 Å². The average Bonchev–Trinajstić information content (AvgIpc) is 3.91. The summed E-state index contributed by atoms with van der Waals surface area (Å²) in [5, 5.41) is 11.0. The van der Waals surface area contributed by atoms with Crippen molar-refractivity contribution in [2.24, 2.45) is 11.3 Å². The maximum atomic E-state index is 15.0. The van der Waals surface area contributed by atoms with Gasteiger partial charge >= 0.3 is 0 Å². The first-order chi connectivity index (χ1) is 19.5. The number of ether oxygens (including phenoxy) is 1. The predicted octanol–water partition coefficient (Wildman–Crippen LogP) is 5.83. The van der Waals surface area contributed by atoms with E-state index in [0.29, 0.717) is 39.6 Å². The Kier molecular flexibility index (Phi) is 6.11. The minimum Gasteiger partial charge on any atom is -0.437 e. The van der Waals surface area contributed by atoms with Crippen molar-refractivity contribution in [3.63, 3.8) is 0 Å². The number of carbonyl (C=O) groups excluding carboxylic acids is 1. The molecule has 2 saturated carbocycles. The zero-order chi connectivity index (χ0) is 27.3. The number of piperidine rings is 1. The molecule has 3 N–H and O–H groups in total. The zero-order valence-corrected chi connectivity index (χ0v) is 22.3. The molecule has 1 amide bonds. The second-order valence-corrected chi connectivity index (χ2v) is 11.2. The number of nitrogens with one attached hydrogen (secondary N) is 3. The van der Waals surface area contributed by atoms with E-state index in [2.05, 4.69) is 25.9 Å². The summed E-state index contributed by atoms with van der Waals surface area (Å²) in [6, 6.07) is 12.6. The number of anilines is 2. The van der Waals surface area contributed by atoms with Crippen LogP contribution in [0.3, 0.4) is 0 Å². The second kappa shape index (κ2) is 9.82. The molecule has 1 spiro atoms. The maximum Gasteiger partial charge on any atom is 0.228 e. The van der Waals surface area contributed by atoms with E-state index in [1.54, 1.807) is 18.5 Å². The van der Waals surface area contributed by atoms with E-state index in [9.17, 15) is 4.79 Å². The lowest BCUT2D eigenvalue weighted by molar-refractivity contribution is -0.117. The summed E-state index contributed by atoms with van der Waals surface area (Å²) in [5.41, 5.74) is 2.64. The average molecular weight is 539 g/mol. The van der Waals surface area contributed by atoms with Crippen LogP contribution in [0.5, 0.6) is 11.6 Å². The number of nitrogens with zero attached hydrogens (tertiary/aromatic N) is 3. The van der Waals surface area contributed by atoms with Gasteiger partial charge in [0.15, 0.2) is 0 Å². The van der Waals surface area contributed by atoms with Gasteiger partial charge in [-0.15, -0.1) is 0 Å². The van der Waals surface area contributed by atoms with Crippen molar-refractivity contribution in [1.82, 2.24) is 20.3 Å². The topological polar surface area (TPSA) is 101 Å². The first-order valence-electron chi connectivity index (χ1n) is 14.0. The molecule has 2 aliphatic carbocycles. The largest absolute Gasteiger partial charge is 0.437 e. The highest BCUT2D eigenvalue weighted by Crippen LogP contribution is 2.70. The number of carbonyl (C=O) groups is 1. The van der Waals surface area contributed by atoms with Crippen LogP contribution in [0.15, 0.2) is 54.9 Å². The van der Waals surface area contributed by atoms with Gasteiger partial charge in [-0.3, -0.25) is 4.79 Å². The number of halogens is 1. The van der Waals surface area contributed by atoms with E-state index in [4.69, 9.17) is 9.72 Å². The summed E-state index contributed by atoms with van der Waals surface area (Å²) >= 11 is 0. The molecule has 3 heterocycles. The Morgan fingerprint density at radius 1 is 1.10 bits per heavy atom. The minimum atomic E-state index is -0.464. The molecule has 40 heavy (non-hydrogen) atoms. The van der Waals surface area contributed by atoms with Crippen LogP contribution < -0.4 is 20.7 Å². The number of hydrogen-bond donors (Lipinski definition) is 3. The molecule has 2 aromatic carbocycles. The Morgan fingerprint density at radius 2 is 1.98 bits per heavy atom. The van der Waals surface area contributed by atoms with Crippen LogP contribution in [-0.2, 0) is 4.79 Å². The number of hydrogen-bond acceptors (Lipinski definition) is 7. The van der Waals surface area contributed by atoms with E-state index < -0.39 is 5.82 Å². The van der Waals surface area contributed by atoms with E-state index in [1.165, 1.54) is 6.07 Å². The molecule has 2 atom stereocenters. The highest BCUT2D eigenvalue weighted by Gasteiger charge is 2.65. The summed E-state index contributed by atoms with van der Waals surface area (Å²) in [7, 11) is 0. The maximum absolute atomic E-state index is 15.0. The van der Waals surface area contributed by atoms with Crippen LogP contribution in [0, 0.1) is 24.1 Å². The van der Waals surface area contributed by atoms with E-state index >= 15 is 4.39 Å². The first-order valence-corrected chi connectivity index (χ1v) is 14.0. The highest BCUT2D eigenvalue weighted by atomic mass is 19.1. The summed E-state index contributed by atoms with van der Waals surface area (Å²) in [4.78, 5) is 26.6. The van der Waals surface area contributed by atoms with Gasteiger partial charge in [0.05, 0.1) is 16.9 Å². The minimum absolute atomic E-state index is 0.0129. The third-order valence-electron chi connectivity index (χ3n) is 8.48. The molecule has 204 valence electrons. The molecular formula is C31H31FN6O2. The highest BCUT2D eigenvalue weighted by molar-refractivity contribution is 6.06. The number of amides is 1. The van der Waals surface area contributed by atoms with Gasteiger partial charge < -0.3 is 20.7 Å². The molecule has 9 heteroatoms. The predicted molar refractivity (Wildman–Crippen MR) is 152 cm³/mol. The Balaban J connectivity index is 1.20. The Bertz CT molecular complexity index is 1620. The molecule has 2 aromatic heterocycles. The molecule has 0 bridgehead atoms. The van der Waals surface area contributed by atoms with Crippen molar-refractivity contribution >= 4 is 28.3 Å². The van der Waals surface area contributed by atoms with Crippen LogP contribution in [0.2, 0.25) is 0 Å². The molecule has 3 aliphatic rings. The molecule has 3 fully saturated rings. The van der Waals surface area contributed by atoms with E-state index in [-0.39, 0.29) is 29.0 Å². The van der Waals surface area contributed by atoms with Crippen LogP contribution in [-0.4, -0.2) is 40.0 Å². The van der Waals surface area contributed by atoms with Gasteiger partial charge in [-0.25, -0.2) is 19.3 Å². The van der Waals surface area contributed by atoms with E-state index in [1.807, 2.05) is 37.3 Å². The van der Waals surface area contributed by atoms with Gasteiger partial charge in [0, 0.05) is 41.7 Å². The lowest BCUT2D eigenvalue weighted by atomic mass is 10.0. The number of pyridine rings is 1. The van der Waals surface area contributed by atoms with Gasteiger partial charge in [-0.1, -0.05) is 12.1 Å². The molecule has 1 saturated heterocycles. The molecular weight excluding hydrogens is 507 g/mol. The Labute approximate surface area is 231 Å². The zero-order valence-electron chi connectivity index (χ0n) is 22.3. The molecule has 4 aromatic rings. The number of aromatic nitrogens is 3. The van der Waals surface area contributed by atoms with Gasteiger partial charge in [0.25, 0.3) is 0 Å². The van der Waals surface area contributed by atoms with Crippen molar-refractivity contribution in [2.45, 2.75) is 45.1 Å². The van der Waals surface area contributed by atoms with Gasteiger partial charge in [-0.2, -0.15) is 0 Å². The van der Waals surface area contributed by atoms with Crippen LogP contribution >= 0.6 is 0 Å². The van der Waals surface area contributed by atoms with Crippen molar-refractivity contribution in [1.29, 1.82) is 0 Å². The van der Waals surface area contributed by atoms with Crippen LogP contribution in [0.25, 0.3) is 22.0 Å². The van der Waals surface area contributed by atoms with Crippen LogP contribution in [0.4, 0.5) is 16.0 Å². The fourth-order valence-corrected chi connectivity index (χ4v) is 5.86. The molecule has 0 radical (unpaired) electrons.